The van der Waals surface area contributed by atoms with E-state index < -0.39 is 0 Å². The van der Waals surface area contributed by atoms with Gasteiger partial charge in [-0.1, -0.05) is 6.07 Å². The maximum absolute atomic E-state index is 4.53. The Morgan fingerprint density at radius 3 is 2.88 bits per heavy atom. The maximum atomic E-state index is 4.53. The van der Waals surface area contributed by atoms with Crippen LogP contribution in [-0.4, -0.2) is 42.8 Å². The van der Waals surface area contributed by atoms with Gasteiger partial charge in [0.2, 0.25) is 0 Å². The van der Waals surface area contributed by atoms with Crippen LogP contribution in [0.15, 0.2) is 18.2 Å². The fraction of sp³-hybridized carbons (Fsp3) is 0.583. The van der Waals surface area contributed by atoms with Crippen molar-refractivity contribution in [3.05, 3.63) is 23.9 Å². The second-order valence-corrected chi connectivity index (χ2v) is 5.01. The minimum atomic E-state index is 0.921. The largest absolute Gasteiger partial charge is 0.370 e. The van der Waals surface area contributed by atoms with Gasteiger partial charge in [0.05, 0.1) is 5.69 Å². The van der Waals surface area contributed by atoms with Gasteiger partial charge in [-0.2, -0.15) is 11.8 Å². The molecule has 1 heterocycles. The highest BCUT2D eigenvalue weighted by molar-refractivity contribution is 7.98. The molecule has 0 fully saturated rings. The van der Waals surface area contributed by atoms with E-state index in [0.29, 0.717) is 0 Å². The van der Waals surface area contributed by atoms with Crippen molar-refractivity contribution in [1.82, 2.24) is 9.88 Å². The van der Waals surface area contributed by atoms with Crippen molar-refractivity contribution < 1.29 is 0 Å². The Bertz CT molecular complexity index is 302. The normalized spacial score (nSPS) is 10.8. The molecule has 1 N–H and O–H groups in total. The third kappa shape index (κ3) is 5.37. The number of anilines is 1. The Hall–Kier alpha value is -0.740. The molecule has 0 aliphatic heterocycles. The van der Waals surface area contributed by atoms with Crippen LogP contribution >= 0.6 is 11.8 Å². The van der Waals surface area contributed by atoms with Gasteiger partial charge in [0.15, 0.2) is 0 Å². The van der Waals surface area contributed by atoms with Crippen molar-refractivity contribution in [2.24, 2.45) is 0 Å². The lowest BCUT2D eigenvalue weighted by atomic mass is 10.4. The minimum absolute atomic E-state index is 0.921. The quantitative estimate of drug-likeness (QED) is 0.739. The van der Waals surface area contributed by atoms with Gasteiger partial charge in [0, 0.05) is 24.6 Å². The summed E-state index contributed by atoms with van der Waals surface area (Å²) in [6, 6.07) is 6.16. The summed E-state index contributed by atoms with van der Waals surface area (Å²) in [6.07, 6.45) is 0. The van der Waals surface area contributed by atoms with E-state index in [0.717, 1.165) is 36.1 Å². The third-order valence-corrected chi connectivity index (χ3v) is 3.07. The number of nitrogens with one attached hydrogen (secondary N) is 1. The molecule has 0 unspecified atom stereocenters. The van der Waals surface area contributed by atoms with Crippen LogP contribution in [0.4, 0.5) is 5.82 Å². The van der Waals surface area contributed by atoms with Crippen molar-refractivity contribution >= 4 is 17.6 Å². The zero-order chi connectivity index (χ0) is 11.8. The third-order valence-electron chi connectivity index (χ3n) is 2.10. The standard InChI is InChI=1S/C12H21N3S/c1-4-13-12-7-5-6-11(14-12)10-16-9-8-15(2)3/h5-7H,4,8-10H2,1-3H3,(H,13,14). The van der Waals surface area contributed by atoms with E-state index in [1.54, 1.807) is 0 Å². The zero-order valence-electron chi connectivity index (χ0n) is 10.4. The smallest absolute Gasteiger partial charge is 0.126 e. The molecule has 0 saturated carbocycles. The summed E-state index contributed by atoms with van der Waals surface area (Å²) in [7, 11) is 4.20. The Labute approximate surface area is 103 Å². The summed E-state index contributed by atoms with van der Waals surface area (Å²) in [5.41, 5.74) is 1.15. The molecule has 1 rings (SSSR count). The Balaban J connectivity index is 2.33. The van der Waals surface area contributed by atoms with Gasteiger partial charge in [-0.3, -0.25) is 0 Å². The predicted octanol–water partition coefficient (Wildman–Crippen LogP) is 2.31. The van der Waals surface area contributed by atoms with Crippen LogP contribution in [0.25, 0.3) is 0 Å². The summed E-state index contributed by atoms with van der Waals surface area (Å²) >= 11 is 1.93. The second kappa shape index (κ2) is 7.52. The van der Waals surface area contributed by atoms with Crippen LogP contribution in [0.5, 0.6) is 0 Å². The van der Waals surface area contributed by atoms with E-state index in [1.165, 1.54) is 0 Å². The van der Waals surface area contributed by atoms with Crippen molar-refractivity contribution in [2.45, 2.75) is 12.7 Å². The molecular weight excluding hydrogens is 218 g/mol. The number of hydrogen-bond acceptors (Lipinski definition) is 4. The van der Waals surface area contributed by atoms with Crippen molar-refractivity contribution in [3.8, 4) is 0 Å². The highest BCUT2D eigenvalue weighted by atomic mass is 32.2. The topological polar surface area (TPSA) is 28.2 Å². The summed E-state index contributed by atoms with van der Waals surface area (Å²) in [5.74, 6) is 3.13. The number of thioether (sulfide) groups is 1. The Morgan fingerprint density at radius 1 is 1.38 bits per heavy atom. The van der Waals surface area contributed by atoms with Gasteiger partial charge in [0.1, 0.15) is 5.82 Å². The summed E-state index contributed by atoms with van der Waals surface area (Å²) in [6.45, 7) is 4.13. The van der Waals surface area contributed by atoms with E-state index in [2.05, 4.69) is 48.4 Å². The molecule has 1 aromatic heterocycles. The molecule has 16 heavy (non-hydrogen) atoms. The average Bonchev–Trinajstić information content (AvgIpc) is 2.25. The average molecular weight is 239 g/mol. The first-order valence-corrected chi connectivity index (χ1v) is 6.80. The summed E-state index contributed by atoms with van der Waals surface area (Å²) in [4.78, 5) is 6.74. The molecule has 0 amide bonds. The Morgan fingerprint density at radius 2 is 2.19 bits per heavy atom. The molecule has 0 aliphatic carbocycles. The lowest BCUT2D eigenvalue weighted by Crippen LogP contribution is -2.14. The number of pyridine rings is 1. The molecule has 0 bridgehead atoms. The van der Waals surface area contributed by atoms with Crippen LogP contribution in [0.1, 0.15) is 12.6 Å². The minimum Gasteiger partial charge on any atom is -0.370 e. The molecule has 90 valence electrons. The molecule has 0 saturated heterocycles. The van der Waals surface area contributed by atoms with Gasteiger partial charge >= 0.3 is 0 Å². The summed E-state index contributed by atoms with van der Waals surface area (Å²) in [5, 5.41) is 3.23. The van der Waals surface area contributed by atoms with E-state index >= 15 is 0 Å². The highest BCUT2D eigenvalue weighted by Crippen LogP contribution is 2.12. The number of rotatable bonds is 7. The van der Waals surface area contributed by atoms with Gasteiger partial charge in [0.25, 0.3) is 0 Å². The number of nitrogens with zero attached hydrogens (tertiary/aromatic N) is 2. The van der Waals surface area contributed by atoms with Gasteiger partial charge in [-0.15, -0.1) is 0 Å². The molecule has 4 heteroatoms. The molecule has 1 aromatic rings. The molecule has 0 atom stereocenters. The fourth-order valence-corrected chi connectivity index (χ4v) is 2.27. The molecule has 3 nitrogen and oxygen atoms in total. The highest BCUT2D eigenvalue weighted by Gasteiger charge is 1.98. The fourth-order valence-electron chi connectivity index (χ4n) is 1.26. The van der Waals surface area contributed by atoms with Crippen molar-refractivity contribution in [1.29, 1.82) is 0 Å². The van der Waals surface area contributed by atoms with Crippen LogP contribution in [0.2, 0.25) is 0 Å². The first kappa shape index (κ1) is 13.3. The first-order valence-electron chi connectivity index (χ1n) is 5.64. The van der Waals surface area contributed by atoms with E-state index in [9.17, 15) is 0 Å². The maximum Gasteiger partial charge on any atom is 0.126 e. The second-order valence-electron chi connectivity index (χ2n) is 3.90. The van der Waals surface area contributed by atoms with Crippen LogP contribution < -0.4 is 5.32 Å². The van der Waals surface area contributed by atoms with Crippen LogP contribution in [0, 0.1) is 0 Å². The van der Waals surface area contributed by atoms with Crippen LogP contribution in [0.3, 0.4) is 0 Å². The number of aromatic nitrogens is 1. The van der Waals surface area contributed by atoms with E-state index in [1.807, 2.05) is 17.8 Å². The van der Waals surface area contributed by atoms with Crippen molar-refractivity contribution in [3.63, 3.8) is 0 Å². The van der Waals surface area contributed by atoms with Gasteiger partial charge in [-0.25, -0.2) is 4.98 Å². The lowest BCUT2D eigenvalue weighted by molar-refractivity contribution is 0.437. The predicted molar refractivity (Wildman–Crippen MR) is 73.1 cm³/mol. The SMILES string of the molecule is CCNc1cccc(CSCCN(C)C)n1. The first-order chi connectivity index (χ1) is 7.72. The lowest BCUT2D eigenvalue weighted by Gasteiger charge is -2.09. The van der Waals surface area contributed by atoms with E-state index in [4.69, 9.17) is 0 Å². The molecule has 0 spiro atoms. The molecular formula is C12H21N3S. The monoisotopic (exact) mass is 239 g/mol. The molecule has 0 radical (unpaired) electrons. The van der Waals surface area contributed by atoms with E-state index in [-0.39, 0.29) is 0 Å². The van der Waals surface area contributed by atoms with Gasteiger partial charge < -0.3 is 10.2 Å². The zero-order valence-corrected chi connectivity index (χ0v) is 11.2. The van der Waals surface area contributed by atoms with Gasteiger partial charge in [-0.05, 0) is 33.2 Å². The number of hydrogen-bond donors (Lipinski definition) is 1. The molecule has 0 aromatic carbocycles. The Kier molecular flexibility index (Phi) is 6.26. The van der Waals surface area contributed by atoms with Crippen molar-refractivity contribution in [2.75, 3.05) is 38.3 Å². The van der Waals surface area contributed by atoms with Crippen LogP contribution in [-0.2, 0) is 5.75 Å². The summed E-state index contributed by atoms with van der Waals surface area (Å²) < 4.78 is 0. The molecule has 0 aliphatic rings.